The number of hydrogen-bond donors (Lipinski definition) is 1. The van der Waals surface area contributed by atoms with Gasteiger partial charge in [-0.15, -0.1) is 0 Å². The van der Waals surface area contributed by atoms with E-state index in [0.717, 1.165) is 11.3 Å². The zero-order valence-electron chi connectivity index (χ0n) is 18.6. The Labute approximate surface area is 173 Å². The maximum atomic E-state index is 13.6. The summed E-state index contributed by atoms with van der Waals surface area (Å²) in [6.07, 6.45) is 0.607. The largest absolute Gasteiger partial charge is 0.479 e. The monoisotopic (exact) mass is 397 g/mol. The van der Waals surface area contributed by atoms with Crippen LogP contribution in [0, 0.1) is 12.3 Å². The first kappa shape index (κ1) is 22.4. The maximum Gasteiger partial charge on any atom is 0.238 e. The number of ether oxygens (including phenoxy) is 1. The van der Waals surface area contributed by atoms with Crippen LogP contribution in [0.3, 0.4) is 0 Å². The third-order valence-corrected chi connectivity index (χ3v) is 4.79. The zero-order chi connectivity index (χ0) is 21.9. The van der Waals surface area contributed by atoms with Gasteiger partial charge in [-0.1, -0.05) is 39.8 Å². The summed E-state index contributed by atoms with van der Waals surface area (Å²) in [4.78, 5) is 32.8. The van der Waals surface area contributed by atoms with Crippen LogP contribution >= 0.6 is 0 Å². The van der Waals surface area contributed by atoms with Crippen LogP contribution in [0.15, 0.2) is 24.3 Å². The van der Waals surface area contributed by atoms with Crippen molar-refractivity contribution in [2.45, 2.75) is 41.0 Å². The van der Waals surface area contributed by atoms with Crippen LogP contribution in [0.4, 0.5) is 11.4 Å². The van der Waals surface area contributed by atoms with Gasteiger partial charge in [0.15, 0.2) is 5.78 Å². The van der Waals surface area contributed by atoms with Crippen molar-refractivity contribution in [1.29, 1.82) is 0 Å². The molecule has 0 saturated carbocycles. The summed E-state index contributed by atoms with van der Waals surface area (Å²) in [5.74, 6) is -0.137. The Bertz CT molecular complexity index is 928. The summed E-state index contributed by atoms with van der Waals surface area (Å²) in [5, 5.41) is 2.90. The molecule has 0 bridgehead atoms. The van der Waals surface area contributed by atoms with Crippen LogP contribution < -0.4 is 15.0 Å². The van der Waals surface area contributed by atoms with Crippen molar-refractivity contribution < 1.29 is 14.3 Å². The standard InChI is InChI=1S/C23H31N3O3/c1-9-17-14(2)24-21(29-8)19(25-22(28)23(3,4)5)18(17)20(27)15-11-10-12-16(13-15)26(6)7/h10-13H,9H2,1-8H3,(H,25,28). The van der Waals surface area contributed by atoms with Crippen molar-refractivity contribution in [3.63, 3.8) is 0 Å². The van der Waals surface area contributed by atoms with E-state index >= 15 is 0 Å². The highest BCUT2D eigenvalue weighted by atomic mass is 16.5. The van der Waals surface area contributed by atoms with Crippen LogP contribution in [0.25, 0.3) is 0 Å². The molecule has 2 aromatic rings. The van der Waals surface area contributed by atoms with Crippen LogP contribution in [0.2, 0.25) is 0 Å². The van der Waals surface area contributed by atoms with Crippen molar-refractivity contribution in [3.8, 4) is 5.88 Å². The van der Waals surface area contributed by atoms with Gasteiger partial charge >= 0.3 is 0 Å². The molecule has 1 heterocycles. The maximum absolute atomic E-state index is 13.6. The van der Waals surface area contributed by atoms with E-state index in [2.05, 4.69) is 10.3 Å². The Morgan fingerprint density at radius 2 is 1.86 bits per heavy atom. The van der Waals surface area contributed by atoms with Crippen molar-refractivity contribution >= 4 is 23.1 Å². The molecule has 6 nitrogen and oxygen atoms in total. The first-order chi connectivity index (χ1) is 13.5. The van der Waals surface area contributed by atoms with E-state index in [1.54, 1.807) is 6.07 Å². The summed E-state index contributed by atoms with van der Waals surface area (Å²) in [7, 11) is 5.34. The predicted molar refractivity (Wildman–Crippen MR) is 117 cm³/mol. The second kappa shape index (κ2) is 8.64. The second-order valence-electron chi connectivity index (χ2n) is 8.27. The van der Waals surface area contributed by atoms with E-state index in [4.69, 9.17) is 4.74 Å². The SMILES string of the molecule is CCc1c(C)nc(OC)c(NC(=O)C(C)(C)C)c1C(=O)c1cccc(N(C)C)c1. The van der Waals surface area contributed by atoms with Crippen molar-refractivity contribution in [2.24, 2.45) is 5.41 Å². The van der Waals surface area contributed by atoms with Gasteiger partial charge in [0.25, 0.3) is 0 Å². The van der Waals surface area contributed by atoms with Gasteiger partial charge in [0.05, 0.1) is 12.7 Å². The summed E-state index contributed by atoms with van der Waals surface area (Å²) in [6.45, 7) is 9.28. The van der Waals surface area contributed by atoms with Gasteiger partial charge in [-0.3, -0.25) is 9.59 Å². The molecule has 1 aromatic heterocycles. The smallest absolute Gasteiger partial charge is 0.238 e. The highest BCUT2D eigenvalue weighted by molar-refractivity contribution is 6.16. The molecule has 29 heavy (non-hydrogen) atoms. The number of aryl methyl sites for hydroxylation is 1. The van der Waals surface area contributed by atoms with Crippen molar-refractivity contribution in [1.82, 2.24) is 4.98 Å². The van der Waals surface area contributed by atoms with Crippen molar-refractivity contribution in [2.75, 3.05) is 31.4 Å². The molecule has 0 atom stereocenters. The van der Waals surface area contributed by atoms with Gasteiger partial charge < -0.3 is 15.0 Å². The number of amides is 1. The second-order valence-corrected chi connectivity index (χ2v) is 8.27. The number of carbonyl (C=O) groups excluding carboxylic acids is 2. The normalized spacial score (nSPS) is 11.2. The highest BCUT2D eigenvalue weighted by Crippen LogP contribution is 2.35. The Kier molecular flexibility index (Phi) is 6.67. The molecule has 0 aliphatic rings. The molecule has 0 aliphatic heterocycles. The van der Waals surface area contributed by atoms with Crippen LogP contribution in [-0.2, 0) is 11.2 Å². The Morgan fingerprint density at radius 1 is 1.21 bits per heavy atom. The van der Waals surface area contributed by atoms with Crippen LogP contribution in [0.5, 0.6) is 5.88 Å². The van der Waals surface area contributed by atoms with Crippen molar-refractivity contribution in [3.05, 3.63) is 46.6 Å². The molecule has 0 spiro atoms. The van der Waals surface area contributed by atoms with Crippen LogP contribution in [0.1, 0.15) is 54.9 Å². The van der Waals surface area contributed by atoms with E-state index in [0.29, 0.717) is 28.9 Å². The fourth-order valence-electron chi connectivity index (χ4n) is 3.03. The minimum atomic E-state index is -0.632. The van der Waals surface area contributed by atoms with E-state index in [-0.39, 0.29) is 17.6 Å². The van der Waals surface area contributed by atoms with E-state index < -0.39 is 5.41 Å². The quantitative estimate of drug-likeness (QED) is 0.738. The molecule has 0 unspecified atom stereocenters. The van der Waals surface area contributed by atoms with Gasteiger partial charge in [-0.2, -0.15) is 0 Å². The lowest BCUT2D eigenvalue weighted by atomic mass is 9.92. The average molecular weight is 398 g/mol. The Morgan fingerprint density at radius 3 is 2.38 bits per heavy atom. The number of nitrogens with zero attached hydrogens (tertiary/aromatic N) is 2. The minimum absolute atomic E-state index is 0.168. The molecule has 156 valence electrons. The fraction of sp³-hybridized carbons (Fsp3) is 0.435. The molecule has 1 amide bonds. The van der Waals surface area contributed by atoms with Gasteiger partial charge in [-0.25, -0.2) is 4.98 Å². The molecular weight excluding hydrogens is 366 g/mol. The first-order valence-electron chi connectivity index (χ1n) is 9.72. The number of anilines is 2. The average Bonchev–Trinajstić information content (AvgIpc) is 2.67. The number of nitrogens with one attached hydrogen (secondary N) is 1. The molecule has 6 heteroatoms. The number of methoxy groups -OCH3 is 1. The summed E-state index contributed by atoms with van der Waals surface area (Å²) in [6, 6.07) is 7.43. The van der Waals surface area contributed by atoms with Crippen LogP contribution in [-0.4, -0.2) is 37.9 Å². The molecule has 1 aromatic carbocycles. The third-order valence-electron chi connectivity index (χ3n) is 4.79. The first-order valence-corrected chi connectivity index (χ1v) is 9.72. The minimum Gasteiger partial charge on any atom is -0.479 e. The number of pyridine rings is 1. The predicted octanol–water partition coefficient (Wildman–Crippen LogP) is 4.24. The van der Waals surface area contributed by atoms with E-state index in [1.807, 2.05) is 71.8 Å². The molecule has 0 aliphatic carbocycles. The summed E-state index contributed by atoms with van der Waals surface area (Å²) < 4.78 is 5.44. The lowest BCUT2D eigenvalue weighted by molar-refractivity contribution is -0.123. The molecular formula is C23H31N3O3. The molecule has 0 radical (unpaired) electrons. The highest BCUT2D eigenvalue weighted by Gasteiger charge is 2.29. The number of benzene rings is 1. The molecule has 1 N–H and O–H groups in total. The Balaban J connectivity index is 2.73. The van der Waals surface area contributed by atoms with Gasteiger partial charge in [-0.05, 0) is 31.0 Å². The van der Waals surface area contributed by atoms with Gasteiger partial charge in [0, 0.05) is 36.5 Å². The number of hydrogen-bond acceptors (Lipinski definition) is 5. The number of rotatable bonds is 6. The van der Waals surface area contributed by atoms with Gasteiger partial charge in [0.2, 0.25) is 11.8 Å². The lowest BCUT2D eigenvalue weighted by Gasteiger charge is -2.23. The molecule has 0 fully saturated rings. The molecule has 0 saturated heterocycles. The van der Waals surface area contributed by atoms with Gasteiger partial charge in [0.1, 0.15) is 5.69 Å². The topological polar surface area (TPSA) is 71.5 Å². The summed E-state index contributed by atoms with van der Waals surface area (Å²) in [5.41, 5.74) is 3.12. The number of ketones is 1. The third kappa shape index (κ3) is 4.75. The fourth-order valence-corrected chi connectivity index (χ4v) is 3.03. The lowest BCUT2D eigenvalue weighted by Crippen LogP contribution is -2.29. The number of carbonyl (C=O) groups is 2. The number of aromatic nitrogens is 1. The molecule has 2 rings (SSSR count). The summed E-state index contributed by atoms with van der Waals surface area (Å²) >= 11 is 0. The van der Waals surface area contributed by atoms with E-state index in [9.17, 15) is 9.59 Å². The Hall–Kier alpha value is -2.89. The van der Waals surface area contributed by atoms with E-state index in [1.165, 1.54) is 7.11 Å². The zero-order valence-corrected chi connectivity index (χ0v) is 18.6.